The predicted molar refractivity (Wildman–Crippen MR) is 108 cm³/mol. The third-order valence-corrected chi connectivity index (χ3v) is 5.99. The predicted octanol–water partition coefficient (Wildman–Crippen LogP) is 3.44. The van der Waals surface area contributed by atoms with Gasteiger partial charge in [0.1, 0.15) is 5.01 Å². The van der Waals surface area contributed by atoms with Gasteiger partial charge in [-0.05, 0) is 38.8 Å². The van der Waals surface area contributed by atoms with Crippen LogP contribution in [0.25, 0.3) is 0 Å². The summed E-state index contributed by atoms with van der Waals surface area (Å²) >= 11 is 1.72. The Morgan fingerprint density at radius 1 is 1.28 bits per heavy atom. The van der Waals surface area contributed by atoms with Gasteiger partial charge in [0.05, 0.1) is 12.2 Å². The highest BCUT2D eigenvalue weighted by Crippen LogP contribution is 2.28. The molecule has 1 heterocycles. The molecule has 0 aliphatic heterocycles. The van der Waals surface area contributed by atoms with Crippen LogP contribution in [-0.2, 0) is 6.54 Å². The van der Waals surface area contributed by atoms with Gasteiger partial charge in [-0.1, -0.05) is 33.1 Å². The Morgan fingerprint density at radius 2 is 2.00 bits per heavy atom. The Hall–Kier alpha value is -1.14. The molecule has 1 aromatic rings. The first kappa shape index (κ1) is 20.2. The zero-order valence-electron chi connectivity index (χ0n) is 16.5. The molecule has 1 aromatic heterocycles. The van der Waals surface area contributed by atoms with E-state index in [0.29, 0.717) is 12.0 Å². The maximum Gasteiger partial charge on any atom is 0.191 e. The van der Waals surface area contributed by atoms with E-state index in [1.54, 1.807) is 11.3 Å². The largest absolute Gasteiger partial charge is 0.355 e. The number of hydrogen-bond acceptors (Lipinski definition) is 4. The molecule has 25 heavy (non-hydrogen) atoms. The number of thiazole rings is 1. The van der Waals surface area contributed by atoms with Crippen LogP contribution in [-0.4, -0.2) is 49.6 Å². The fourth-order valence-corrected chi connectivity index (χ4v) is 4.44. The van der Waals surface area contributed by atoms with Gasteiger partial charge in [0.15, 0.2) is 5.96 Å². The highest BCUT2D eigenvalue weighted by molar-refractivity contribution is 7.09. The van der Waals surface area contributed by atoms with Gasteiger partial charge >= 0.3 is 0 Å². The molecule has 2 rings (SSSR count). The molecule has 1 saturated carbocycles. The maximum atomic E-state index is 4.68. The van der Waals surface area contributed by atoms with E-state index in [1.165, 1.54) is 37.8 Å². The minimum absolute atomic E-state index is 0.485. The number of hydrogen-bond donors (Lipinski definition) is 2. The minimum atomic E-state index is 0.485. The summed E-state index contributed by atoms with van der Waals surface area (Å²) in [7, 11) is 6.22. The molecule has 6 heteroatoms. The van der Waals surface area contributed by atoms with Crippen molar-refractivity contribution in [3.63, 3.8) is 0 Å². The van der Waals surface area contributed by atoms with E-state index >= 15 is 0 Å². The van der Waals surface area contributed by atoms with Crippen molar-refractivity contribution in [2.75, 3.05) is 27.7 Å². The summed E-state index contributed by atoms with van der Waals surface area (Å²) in [6.07, 6.45) is 6.87. The molecule has 0 saturated heterocycles. The second-order valence-corrected chi connectivity index (χ2v) is 8.50. The zero-order chi connectivity index (χ0) is 18.2. The van der Waals surface area contributed by atoms with Crippen LogP contribution in [0.4, 0.5) is 0 Å². The number of aromatic nitrogens is 1. The molecule has 142 valence electrons. The Labute approximate surface area is 157 Å². The SMILES string of the molecule is CN=C(NCc1nc(C(C)C)cs1)NCC(C1CCCCC1)N(C)C. The van der Waals surface area contributed by atoms with E-state index in [9.17, 15) is 0 Å². The highest BCUT2D eigenvalue weighted by Gasteiger charge is 2.25. The van der Waals surface area contributed by atoms with Crippen molar-refractivity contribution in [1.29, 1.82) is 0 Å². The molecule has 1 aliphatic carbocycles. The second kappa shape index (κ2) is 10.1. The number of nitrogens with zero attached hydrogens (tertiary/aromatic N) is 3. The van der Waals surface area contributed by atoms with Crippen LogP contribution in [0.15, 0.2) is 10.4 Å². The van der Waals surface area contributed by atoms with Gasteiger partial charge in [0.25, 0.3) is 0 Å². The monoisotopic (exact) mass is 365 g/mol. The molecule has 1 atom stereocenters. The normalized spacial score (nSPS) is 18.0. The van der Waals surface area contributed by atoms with Gasteiger partial charge in [-0.2, -0.15) is 0 Å². The topological polar surface area (TPSA) is 52.6 Å². The second-order valence-electron chi connectivity index (χ2n) is 7.56. The first-order chi connectivity index (χ1) is 12.0. The van der Waals surface area contributed by atoms with Gasteiger partial charge in [-0.25, -0.2) is 4.98 Å². The van der Waals surface area contributed by atoms with Gasteiger partial charge < -0.3 is 15.5 Å². The fourth-order valence-electron chi connectivity index (χ4n) is 3.54. The van der Waals surface area contributed by atoms with E-state index in [-0.39, 0.29) is 0 Å². The molecule has 1 fully saturated rings. The first-order valence-electron chi connectivity index (χ1n) is 9.56. The molecule has 0 aromatic carbocycles. The van der Waals surface area contributed by atoms with Crippen molar-refractivity contribution in [1.82, 2.24) is 20.5 Å². The Kier molecular flexibility index (Phi) is 8.16. The summed E-state index contributed by atoms with van der Waals surface area (Å²) in [5.74, 6) is 2.14. The van der Waals surface area contributed by atoms with Crippen LogP contribution in [0.5, 0.6) is 0 Å². The standard InChI is InChI=1S/C19H35N5S/c1-14(2)16-13-25-18(23-16)12-22-19(20-3)21-11-17(24(4)5)15-9-7-6-8-10-15/h13-15,17H,6-12H2,1-5H3,(H2,20,21,22). The average Bonchev–Trinajstić information content (AvgIpc) is 3.08. The smallest absolute Gasteiger partial charge is 0.191 e. The van der Waals surface area contributed by atoms with Gasteiger partial charge in [-0.15, -0.1) is 11.3 Å². The quantitative estimate of drug-likeness (QED) is 0.574. The summed E-state index contributed by atoms with van der Waals surface area (Å²) in [4.78, 5) is 11.4. The third kappa shape index (κ3) is 6.26. The molecule has 0 spiro atoms. The Morgan fingerprint density at radius 3 is 2.56 bits per heavy atom. The lowest BCUT2D eigenvalue weighted by Gasteiger charge is -2.35. The van der Waals surface area contributed by atoms with E-state index < -0.39 is 0 Å². The van der Waals surface area contributed by atoms with E-state index in [0.717, 1.165) is 30.0 Å². The molecule has 0 amide bonds. The number of nitrogens with one attached hydrogen (secondary N) is 2. The van der Waals surface area contributed by atoms with Crippen LogP contribution in [0.1, 0.15) is 62.6 Å². The molecule has 2 N–H and O–H groups in total. The summed E-state index contributed by atoms with van der Waals surface area (Å²) in [5, 5.41) is 10.2. The fraction of sp³-hybridized carbons (Fsp3) is 0.789. The molecule has 0 radical (unpaired) electrons. The van der Waals surface area contributed by atoms with Crippen LogP contribution < -0.4 is 10.6 Å². The molecule has 1 unspecified atom stereocenters. The summed E-state index contributed by atoms with van der Waals surface area (Å²) in [6.45, 7) is 6.03. The van der Waals surface area contributed by atoms with Crippen LogP contribution in [0.3, 0.4) is 0 Å². The number of likely N-dealkylation sites (N-methyl/N-ethyl adjacent to an activating group) is 1. The lowest BCUT2D eigenvalue weighted by Crippen LogP contribution is -2.48. The molecular formula is C19H35N5S. The van der Waals surface area contributed by atoms with Crippen molar-refractivity contribution in [2.45, 2.75) is 64.5 Å². The summed E-state index contributed by atoms with van der Waals surface area (Å²) in [5.41, 5.74) is 1.18. The van der Waals surface area contributed by atoms with Gasteiger partial charge in [-0.3, -0.25) is 4.99 Å². The lowest BCUT2D eigenvalue weighted by atomic mass is 9.83. The van der Waals surface area contributed by atoms with Crippen LogP contribution in [0.2, 0.25) is 0 Å². The van der Waals surface area contributed by atoms with Gasteiger partial charge in [0.2, 0.25) is 0 Å². The molecule has 1 aliphatic rings. The van der Waals surface area contributed by atoms with Crippen molar-refractivity contribution in [3.05, 3.63) is 16.1 Å². The van der Waals surface area contributed by atoms with Crippen molar-refractivity contribution >= 4 is 17.3 Å². The zero-order valence-corrected chi connectivity index (χ0v) is 17.3. The number of rotatable bonds is 7. The Balaban J connectivity index is 1.83. The highest BCUT2D eigenvalue weighted by atomic mass is 32.1. The summed E-state index contributed by atoms with van der Waals surface area (Å²) in [6, 6.07) is 0.561. The van der Waals surface area contributed by atoms with Gasteiger partial charge in [0, 0.05) is 25.0 Å². The molecular weight excluding hydrogens is 330 g/mol. The first-order valence-corrected chi connectivity index (χ1v) is 10.4. The molecule has 5 nitrogen and oxygen atoms in total. The third-order valence-electron chi connectivity index (χ3n) is 5.13. The number of guanidine groups is 1. The Bertz CT molecular complexity index is 532. The van der Waals surface area contributed by atoms with Crippen molar-refractivity contribution in [3.8, 4) is 0 Å². The minimum Gasteiger partial charge on any atom is -0.355 e. The summed E-state index contributed by atoms with van der Waals surface area (Å²) < 4.78 is 0. The van der Waals surface area contributed by atoms with E-state index in [4.69, 9.17) is 0 Å². The van der Waals surface area contributed by atoms with E-state index in [1.807, 2.05) is 7.05 Å². The van der Waals surface area contributed by atoms with E-state index in [2.05, 4.69) is 58.8 Å². The van der Waals surface area contributed by atoms with Crippen molar-refractivity contribution < 1.29 is 0 Å². The van der Waals surface area contributed by atoms with Crippen LogP contribution in [0, 0.1) is 5.92 Å². The van der Waals surface area contributed by atoms with Crippen LogP contribution >= 0.6 is 11.3 Å². The maximum absolute atomic E-state index is 4.68. The lowest BCUT2D eigenvalue weighted by molar-refractivity contribution is 0.171. The average molecular weight is 366 g/mol. The van der Waals surface area contributed by atoms with Crippen molar-refractivity contribution in [2.24, 2.45) is 10.9 Å². The number of aliphatic imine (C=N–C) groups is 1. The molecule has 0 bridgehead atoms.